The van der Waals surface area contributed by atoms with Crippen LogP contribution in [0, 0.1) is 0 Å². The third-order valence-electron chi connectivity index (χ3n) is 5.85. The lowest BCUT2D eigenvalue weighted by Crippen LogP contribution is -2.53. The summed E-state index contributed by atoms with van der Waals surface area (Å²) in [6.45, 7) is 4.39. The van der Waals surface area contributed by atoms with Crippen LogP contribution in [0.1, 0.15) is 42.9 Å². The summed E-state index contributed by atoms with van der Waals surface area (Å²) in [5.74, 6) is 1.45. The van der Waals surface area contributed by atoms with Crippen molar-refractivity contribution in [1.29, 1.82) is 0 Å². The van der Waals surface area contributed by atoms with E-state index in [2.05, 4.69) is 17.4 Å². The molecule has 0 aromatic heterocycles. The number of nitrogens with one attached hydrogen (secondary N) is 2. The molecule has 0 radical (unpaired) electrons. The van der Waals surface area contributed by atoms with Crippen LogP contribution in [-0.2, 0) is 9.53 Å². The maximum Gasteiger partial charge on any atom is 0.266 e. The van der Waals surface area contributed by atoms with E-state index in [0.29, 0.717) is 42.9 Å². The number of aliphatic imine (C=N–C) groups is 1. The Morgan fingerprint density at radius 3 is 2.74 bits per heavy atom. The Balaban J connectivity index is 1.66. The Labute approximate surface area is 199 Å². The summed E-state index contributed by atoms with van der Waals surface area (Å²) in [5, 5.41) is 8.93. The molecule has 2 aromatic carbocycles. The van der Waals surface area contributed by atoms with Gasteiger partial charge in [0.2, 0.25) is 5.90 Å². The summed E-state index contributed by atoms with van der Waals surface area (Å²) in [6.07, 6.45) is 3.94. The molecule has 1 fully saturated rings. The molecule has 0 bridgehead atoms. The highest BCUT2D eigenvalue weighted by Crippen LogP contribution is 2.43. The summed E-state index contributed by atoms with van der Waals surface area (Å²) in [4.78, 5) is 18.4. The quantitative estimate of drug-likeness (QED) is 0.253. The van der Waals surface area contributed by atoms with Crippen molar-refractivity contribution < 1.29 is 24.1 Å². The number of hydrogen-bond donors (Lipinski definition) is 3. The van der Waals surface area contributed by atoms with Gasteiger partial charge < -0.3 is 19.3 Å². The predicted octanol–water partition coefficient (Wildman–Crippen LogP) is 3.07. The molecule has 8 heteroatoms. The second-order valence-electron chi connectivity index (χ2n) is 8.43. The van der Waals surface area contributed by atoms with Gasteiger partial charge >= 0.3 is 0 Å². The first-order valence-electron chi connectivity index (χ1n) is 11.5. The van der Waals surface area contributed by atoms with E-state index in [1.54, 1.807) is 13.2 Å². The van der Waals surface area contributed by atoms with Gasteiger partial charge in [-0.25, -0.2) is 10.4 Å². The van der Waals surface area contributed by atoms with Gasteiger partial charge in [0.05, 0.1) is 13.7 Å². The van der Waals surface area contributed by atoms with Gasteiger partial charge in [-0.15, -0.1) is 6.58 Å². The van der Waals surface area contributed by atoms with Crippen LogP contribution in [0.15, 0.2) is 66.2 Å². The van der Waals surface area contributed by atoms with Crippen molar-refractivity contribution in [2.45, 2.75) is 43.4 Å². The van der Waals surface area contributed by atoms with Crippen molar-refractivity contribution >= 4 is 11.8 Å². The maximum absolute atomic E-state index is 13.5. The molecule has 180 valence electrons. The van der Waals surface area contributed by atoms with Crippen molar-refractivity contribution in [3.05, 3.63) is 72.3 Å². The topological polar surface area (TPSA) is 101 Å². The molecule has 2 atom stereocenters. The van der Waals surface area contributed by atoms with E-state index in [0.717, 1.165) is 24.0 Å². The fourth-order valence-corrected chi connectivity index (χ4v) is 3.84. The molecule has 1 aliphatic carbocycles. The van der Waals surface area contributed by atoms with E-state index in [1.165, 1.54) is 0 Å². The molecule has 2 aliphatic rings. The van der Waals surface area contributed by atoms with Crippen molar-refractivity contribution in [3.63, 3.8) is 0 Å². The van der Waals surface area contributed by atoms with Gasteiger partial charge in [-0.05, 0) is 54.8 Å². The van der Waals surface area contributed by atoms with E-state index >= 15 is 0 Å². The van der Waals surface area contributed by atoms with Crippen LogP contribution >= 0.6 is 0 Å². The third-order valence-corrected chi connectivity index (χ3v) is 5.85. The van der Waals surface area contributed by atoms with Crippen LogP contribution in [0.5, 0.6) is 11.5 Å². The number of ether oxygens (including phenoxy) is 3. The SMILES string of the molecule is C=CC[C@]1(C(=O)NNC2CC2)N=C(c2ccc(OCCCO)cc2)O[C@H]1c1cccc(OC)c1. The molecule has 0 spiro atoms. The Bertz CT molecular complexity index is 1030. The average Bonchev–Trinajstić information content (AvgIpc) is 3.62. The average molecular weight is 466 g/mol. The minimum atomic E-state index is -1.23. The molecule has 34 heavy (non-hydrogen) atoms. The zero-order chi connectivity index (χ0) is 24.0. The highest BCUT2D eigenvalue weighted by atomic mass is 16.5. The number of aliphatic hydroxyl groups excluding tert-OH is 1. The van der Waals surface area contributed by atoms with Crippen molar-refractivity contribution in [3.8, 4) is 11.5 Å². The summed E-state index contributed by atoms with van der Waals surface area (Å²) in [6, 6.07) is 15.1. The lowest BCUT2D eigenvalue weighted by molar-refractivity contribution is -0.130. The molecule has 0 saturated heterocycles. The number of hydrogen-bond acceptors (Lipinski definition) is 7. The van der Waals surface area contributed by atoms with Gasteiger partial charge in [0, 0.05) is 31.1 Å². The molecular formula is C26H31N3O5. The molecule has 3 N–H and O–H groups in total. The zero-order valence-electron chi connectivity index (χ0n) is 19.3. The molecule has 4 rings (SSSR count). The van der Waals surface area contributed by atoms with Crippen LogP contribution in [0.3, 0.4) is 0 Å². The van der Waals surface area contributed by atoms with Gasteiger partial charge in [-0.2, -0.15) is 0 Å². The molecule has 8 nitrogen and oxygen atoms in total. The summed E-state index contributed by atoms with van der Waals surface area (Å²) >= 11 is 0. The number of carbonyl (C=O) groups is 1. The largest absolute Gasteiger partial charge is 0.497 e. The van der Waals surface area contributed by atoms with Crippen molar-refractivity contribution in [1.82, 2.24) is 10.9 Å². The number of rotatable bonds is 12. The second-order valence-corrected chi connectivity index (χ2v) is 8.43. The van der Waals surface area contributed by atoms with Gasteiger partial charge in [0.1, 0.15) is 11.5 Å². The zero-order valence-corrected chi connectivity index (χ0v) is 19.3. The normalized spacial score (nSPS) is 21.4. The second kappa shape index (κ2) is 10.7. The molecular weight excluding hydrogens is 434 g/mol. The van der Waals surface area contributed by atoms with E-state index in [4.69, 9.17) is 24.3 Å². The maximum atomic E-state index is 13.5. The Morgan fingerprint density at radius 1 is 1.26 bits per heavy atom. The molecule has 1 heterocycles. The van der Waals surface area contributed by atoms with Crippen LogP contribution in [0.4, 0.5) is 0 Å². The van der Waals surface area contributed by atoms with Gasteiger partial charge in [-0.3, -0.25) is 10.2 Å². The minimum absolute atomic E-state index is 0.0808. The first-order valence-corrected chi connectivity index (χ1v) is 11.5. The number of methoxy groups -OCH3 is 1. The van der Waals surface area contributed by atoms with E-state index in [9.17, 15) is 4.79 Å². The fourth-order valence-electron chi connectivity index (χ4n) is 3.84. The van der Waals surface area contributed by atoms with Crippen molar-refractivity contribution in [2.75, 3.05) is 20.3 Å². The number of aliphatic hydroxyl groups is 1. The highest BCUT2D eigenvalue weighted by molar-refractivity contribution is 6.01. The lowest BCUT2D eigenvalue weighted by Gasteiger charge is -2.29. The van der Waals surface area contributed by atoms with E-state index in [-0.39, 0.29) is 12.5 Å². The van der Waals surface area contributed by atoms with E-state index in [1.807, 2.05) is 48.5 Å². The highest BCUT2D eigenvalue weighted by Gasteiger charge is 2.52. The van der Waals surface area contributed by atoms with Crippen LogP contribution in [0.2, 0.25) is 0 Å². The number of nitrogens with zero attached hydrogens (tertiary/aromatic N) is 1. The molecule has 1 aliphatic heterocycles. The van der Waals surface area contributed by atoms with Crippen LogP contribution in [-0.4, -0.2) is 48.8 Å². The van der Waals surface area contributed by atoms with Crippen molar-refractivity contribution in [2.24, 2.45) is 4.99 Å². The molecule has 1 saturated carbocycles. The van der Waals surface area contributed by atoms with Gasteiger partial charge in [0.15, 0.2) is 11.6 Å². The standard InChI is InChI=1S/C26H31N3O5/c1-3-14-26(25(31)29-28-20-10-11-20)23(19-6-4-7-22(17-19)32-2)34-24(27-26)18-8-12-21(13-9-18)33-16-5-15-30/h3-4,6-9,12-13,17,20,23,28,30H,1,5,10-11,14-16H2,2H3,(H,29,31)/t23-,26-/m0/s1. The number of amides is 1. The van der Waals surface area contributed by atoms with Gasteiger partial charge in [0.25, 0.3) is 5.91 Å². The van der Waals surface area contributed by atoms with Crippen LogP contribution in [0.25, 0.3) is 0 Å². The number of hydrazine groups is 1. The smallest absolute Gasteiger partial charge is 0.266 e. The fraction of sp³-hybridized carbons (Fsp3) is 0.385. The number of benzene rings is 2. The summed E-state index contributed by atoms with van der Waals surface area (Å²) < 4.78 is 17.4. The van der Waals surface area contributed by atoms with Crippen LogP contribution < -0.4 is 20.3 Å². The van der Waals surface area contributed by atoms with E-state index < -0.39 is 11.6 Å². The predicted molar refractivity (Wildman–Crippen MR) is 129 cm³/mol. The molecule has 2 aromatic rings. The Morgan fingerprint density at radius 2 is 2.06 bits per heavy atom. The molecule has 0 unspecified atom stereocenters. The van der Waals surface area contributed by atoms with Gasteiger partial charge in [-0.1, -0.05) is 18.2 Å². The minimum Gasteiger partial charge on any atom is -0.497 e. The Hall–Kier alpha value is -3.36. The Kier molecular flexibility index (Phi) is 7.49. The lowest BCUT2D eigenvalue weighted by atomic mass is 9.84. The summed E-state index contributed by atoms with van der Waals surface area (Å²) in [7, 11) is 1.60. The first-order chi connectivity index (χ1) is 16.6. The first kappa shape index (κ1) is 23.8. The number of carbonyl (C=O) groups excluding carboxylic acids is 1. The molecule has 1 amide bonds. The summed E-state index contributed by atoms with van der Waals surface area (Å²) in [5.41, 5.74) is 6.22. The monoisotopic (exact) mass is 465 g/mol. The third kappa shape index (κ3) is 5.24.